The Morgan fingerprint density at radius 2 is 2.22 bits per heavy atom. The average molecular weight is 385 g/mol. The fourth-order valence-corrected chi connectivity index (χ4v) is 3.51. The number of nitrogens with zero attached hydrogens (tertiary/aromatic N) is 3. The van der Waals surface area contributed by atoms with Gasteiger partial charge < -0.3 is 10.1 Å². The van der Waals surface area contributed by atoms with Crippen LogP contribution in [0.2, 0.25) is 0 Å². The van der Waals surface area contributed by atoms with E-state index in [2.05, 4.69) is 26.3 Å². The van der Waals surface area contributed by atoms with Crippen molar-refractivity contribution in [2.75, 3.05) is 25.4 Å². The van der Waals surface area contributed by atoms with Crippen molar-refractivity contribution in [1.82, 2.24) is 24.9 Å². The summed E-state index contributed by atoms with van der Waals surface area (Å²) in [5.74, 6) is 2.53. The topological polar surface area (TPSA) is 84.3 Å². The van der Waals surface area contributed by atoms with Crippen LogP contribution in [0.4, 0.5) is 4.39 Å². The van der Waals surface area contributed by atoms with Crippen molar-refractivity contribution in [3.63, 3.8) is 0 Å². The molecule has 1 unspecified atom stereocenters. The van der Waals surface area contributed by atoms with Gasteiger partial charge in [-0.2, -0.15) is 9.61 Å². The number of benzene rings is 1. The molecule has 1 saturated heterocycles. The Labute approximate surface area is 158 Å². The van der Waals surface area contributed by atoms with Gasteiger partial charge in [0.05, 0.1) is 17.9 Å². The number of ether oxygens (including phenoxy) is 1. The summed E-state index contributed by atoms with van der Waals surface area (Å²) in [5, 5.41) is 8.12. The highest BCUT2D eigenvalue weighted by molar-refractivity contribution is 7.99. The van der Waals surface area contributed by atoms with Crippen LogP contribution in [0.3, 0.4) is 0 Å². The summed E-state index contributed by atoms with van der Waals surface area (Å²) in [6, 6.07) is 6.01. The second kappa shape index (κ2) is 7.52. The molecule has 1 atom stereocenters. The first-order chi connectivity index (χ1) is 13.2. The molecule has 1 aromatic carbocycles. The molecule has 2 N–H and O–H groups in total. The van der Waals surface area contributed by atoms with Gasteiger partial charge in [-0.3, -0.25) is 4.98 Å². The maximum Gasteiger partial charge on any atom is 0.350 e. The van der Waals surface area contributed by atoms with Gasteiger partial charge in [0.15, 0.2) is 10.8 Å². The number of hydrogen-bond donors (Lipinski definition) is 2. The summed E-state index contributed by atoms with van der Waals surface area (Å²) in [5.41, 5.74) is 1.91. The molecule has 0 bridgehead atoms. The second-order valence-corrected chi connectivity index (χ2v) is 6.87. The van der Waals surface area contributed by atoms with Gasteiger partial charge in [-0.25, -0.2) is 14.2 Å². The van der Waals surface area contributed by atoms with Gasteiger partial charge in [-0.05, 0) is 17.7 Å². The third-order valence-corrected chi connectivity index (χ3v) is 4.94. The molecule has 27 heavy (non-hydrogen) atoms. The fraction of sp³-hybridized carbons (Fsp3) is 0.278. The van der Waals surface area contributed by atoms with Crippen LogP contribution in [0, 0.1) is 18.2 Å². The molecule has 0 aliphatic carbocycles. The lowest BCUT2D eigenvalue weighted by Gasteiger charge is -2.22. The van der Waals surface area contributed by atoms with Gasteiger partial charge >= 0.3 is 5.69 Å². The smallest absolute Gasteiger partial charge is 0.350 e. The number of aromatic amines is 1. The van der Waals surface area contributed by atoms with Crippen LogP contribution in [0.15, 0.2) is 34.2 Å². The molecule has 9 heteroatoms. The molecule has 7 nitrogen and oxygen atoms in total. The zero-order valence-corrected chi connectivity index (χ0v) is 15.1. The van der Waals surface area contributed by atoms with Gasteiger partial charge in [0.2, 0.25) is 0 Å². The van der Waals surface area contributed by atoms with E-state index in [1.54, 1.807) is 12.1 Å². The van der Waals surface area contributed by atoms with Crippen molar-refractivity contribution in [3.05, 3.63) is 46.3 Å². The summed E-state index contributed by atoms with van der Waals surface area (Å²) < 4.78 is 20.5. The summed E-state index contributed by atoms with van der Waals surface area (Å²) in [6.07, 6.45) is 4.96. The number of halogens is 1. The number of hydrogen-bond acceptors (Lipinski definition) is 6. The van der Waals surface area contributed by atoms with Gasteiger partial charge in [-0.15, -0.1) is 6.42 Å². The van der Waals surface area contributed by atoms with Crippen molar-refractivity contribution in [1.29, 1.82) is 0 Å². The van der Waals surface area contributed by atoms with Crippen LogP contribution in [0.5, 0.6) is 0 Å². The molecule has 3 aromatic rings. The lowest BCUT2D eigenvalue weighted by atomic mass is 10.0. The molecule has 0 amide bonds. The SMILES string of the molecule is C#CCSc1nc2c(-c3ccc(F)cc3)c(C3CNCCO3)nn2c(=O)[nH]1. The number of nitrogens with one attached hydrogen (secondary N) is 2. The third kappa shape index (κ3) is 3.47. The molecular weight excluding hydrogens is 369 g/mol. The Kier molecular flexibility index (Phi) is 4.94. The minimum atomic E-state index is -0.419. The highest BCUT2D eigenvalue weighted by Crippen LogP contribution is 2.33. The first-order valence-corrected chi connectivity index (χ1v) is 9.33. The van der Waals surface area contributed by atoms with Crippen LogP contribution in [0.1, 0.15) is 11.8 Å². The molecule has 1 aliphatic rings. The molecule has 1 fully saturated rings. The summed E-state index contributed by atoms with van der Waals surface area (Å²) >= 11 is 1.25. The van der Waals surface area contributed by atoms with E-state index in [1.165, 1.54) is 28.4 Å². The number of H-pyrrole nitrogens is 1. The van der Waals surface area contributed by atoms with Crippen LogP contribution >= 0.6 is 11.8 Å². The van der Waals surface area contributed by atoms with Crippen LogP contribution in [-0.4, -0.2) is 45.0 Å². The van der Waals surface area contributed by atoms with Gasteiger partial charge in [0, 0.05) is 13.1 Å². The van der Waals surface area contributed by atoms with E-state index in [9.17, 15) is 9.18 Å². The molecule has 0 spiro atoms. The van der Waals surface area contributed by atoms with E-state index >= 15 is 0 Å². The molecule has 2 aromatic heterocycles. The van der Waals surface area contributed by atoms with E-state index in [1.807, 2.05) is 0 Å². The van der Waals surface area contributed by atoms with Crippen LogP contribution < -0.4 is 11.0 Å². The lowest BCUT2D eigenvalue weighted by molar-refractivity contribution is 0.0252. The number of terminal acetylenes is 1. The van der Waals surface area contributed by atoms with Crippen LogP contribution in [-0.2, 0) is 4.74 Å². The maximum absolute atomic E-state index is 13.4. The first kappa shape index (κ1) is 17.7. The summed E-state index contributed by atoms with van der Waals surface area (Å²) in [6.45, 7) is 1.85. The van der Waals surface area contributed by atoms with Crippen molar-refractivity contribution in [2.24, 2.45) is 0 Å². The third-order valence-electron chi connectivity index (χ3n) is 4.16. The van der Waals surface area contributed by atoms with Crippen molar-refractivity contribution in [3.8, 4) is 23.5 Å². The molecule has 0 radical (unpaired) electrons. The number of aromatic nitrogens is 4. The molecular formula is C18H16FN5O2S. The average Bonchev–Trinajstić information content (AvgIpc) is 3.08. The van der Waals surface area contributed by atoms with Crippen molar-refractivity contribution >= 4 is 17.4 Å². The van der Waals surface area contributed by atoms with E-state index in [4.69, 9.17) is 11.2 Å². The number of rotatable bonds is 4. The second-order valence-electron chi connectivity index (χ2n) is 5.91. The first-order valence-electron chi connectivity index (χ1n) is 8.35. The molecule has 3 heterocycles. The number of morpholine rings is 1. The zero-order valence-electron chi connectivity index (χ0n) is 14.2. The monoisotopic (exact) mass is 385 g/mol. The molecule has 0 saturated carbocycles. The largest absolute Gasteiger partial charge is 0.369 e. The minimum Gasteiger partial charge on any atom is -0.369 e. The van der Waals surface area contributed by atoms with Crippen molar-refractivity contribution < 1.29 is 9.13 Å². The van der Waals surface area contributed by atoms with Crippen LogP contribution in [0.25, 0.3) is 16.8 Å². The van der Waals surface area contributed by atoms with E-state index in [-0.39, 0.29) is 11.9 Å². The Bertz CT molecular complexity index is 1060. The Morgan fingerprint density at radius 1 is 1.41 bits per heavy atom. The number of fused-ring (bicyclic) bond motifs is 1. The maximum atomic E-state index is 13.4. The fourth-order valence-electron chi connectivity index (χ4n) is 2.98. The highest BCUT2D eigenvalue weighted by Gasteiger charge is 2.27. The lowest BCUT2D eigenvalue weighted by Crippen LogP contribution is -2.33. The molecule has 1 aliphatic heterocycles. The summed E-state index contributed by atoms with van der Waals surface area (Å²) in [4.78, 5) is 19.7. The normalized spacial score (nSPS) is 17.1. The minimum absolute atomic E-state index is 0.332. The predicted octanol–water partition coefficient (Wildman–Crippen LogP) is 1.61. The van der Waals surface area contributed by atoms with Crippen molar-refractivity contribution in [2.45, 2.75) is 11.3 Å². The zero-order chi connectivity index (χ0) is 18.8. The Morgan fingerprint density at radius 3 is 2.93 bits per heavy atom. The highest BCUT2D eigenvalue weighted by atomic mass is 32.2. The standard InChI is InChI=1S/C18H16FN5O2S/c1-2-9-27-17-21-16-14(11-3-5-12(19)6-4-11)15(13-10-20-7-8-26-13)23-24(16)18(25)22-17/h1,3-6,13,20H,7-10H2,(H,21,22,25). The Hall–Kier alpha value is -2.67. The van der Waals surface area contributed by atoms with Gasteiger partial charge in [-0.1, -0.05) is 29.8 Å². The Balaban J connectivity index is 1.93. The van der Waals surface area contributed by atoms with Gasteiger partial charge in [0.1, 0.15) is 17.6 Å². The van der Waals surface area contributed by atoms with E-state index in [0.29, 0.717) is 46.5 Å². The number of thioether (sulfide) groups is 1. The van der Waals surface area contributed by atoms with E-state index < -0.39 is 5.69 Å². The quantitative estimate of drug-likeness (QED) is 0.524. The summed E-state index contributed by atoms with van der Waals surface area (Å²) in [7, 11) is 0. The molecule has 138 valence electrons. The predicted molar refractivity (Wildman–Crippen MR) is 100 cm³/mol. The van der Waals surface area contributed by atoms with E-state index in [0.717, 1.165) is 6.54 Å². The van der Waals surface area contributed by atoms with Gasteiger partial charge in [0.25, 0.3) is 0 Å². The molecule has 4 rings (SSSR count).